The van der Waals surface area contributed by atoms with Crippen LogP contribution in [0, 0.1) is 47.8 Å². The van der Waals surface area contributed by atoms with E-state index in [1.165, 1.54) is 19.3 Å². The quantitative estimate of drug-likeness (QED) is 0.501. The first-order valence-electron chi connectivity index (χ1n) is 8.32. The van der Waals surface area contributed by atoms with Gasteiger partial charge in [0, 0.05) is 51.9 Å². The molecular formula is C20H28N2OPPr-. The molecular weight excluding hydrogens is 456 g/mol. The van der Waals surface area contributed by atoms with Gasteiger partial charge in [-0.05, 0) is 50.2 Å². The minimum atomic E-state index is -2.82. The predicted octanol–water partition coefficient (Wildman–Crippen LogP) is 3.79. The van der Waals surface area contributed by atoms with Gasteiger partial charge in [-0.3, -0.25) is 4.57 Å². The van der Waals surface area contributed by atoms with Crippen molar-refractivity contribution in [1.29, 1.82) is 0 Å². The largest absolute Gasteiger partial charge is 0.410 e. The van der Waals surface area contributed by atoms with Crippen LogP contribution in [-0.4, -0.2) is 24.5 Å². The first kappa shape index (κ1) is 23.0. The summed E-state index contributed by atoms with van der Waals surface area (Å²) in [7, 11) is -2.82. The van der Waals surface area contributed by atoms with Gasteiger partial charge in [0.2, 0.25) is 0 Å². The molecule has 0 aromatic heterocycles. The SMILES string of the molecule is C.O=P(N[CH-]CN1CCCCC1)(c1ccccc1)c1ccccc1.[Pr]. The van der Waals surface area contributed by atoms with Crippen molar-refractivity contribution in [3.05, 3.63) is 67.2 Å². The minimum Gasteiger partial charge on any atom is -0.410 e. The number of rotatable bonds is 6. The topological polar surface area (TPSA) is 32.3 Å². The molecule has 0 unspecified atom stereocenters. The zero-order valence-corrected chi connectivity index (χ0v) is 18.6. The molecule has 1 aliphatic rings. The summed E-state index contributed by atoms with van der Waals surface area (Å²) in [5.41, 5.74) is 0. The smallest absolute Gasteiger partial charge is 0.177 e. The summed E-state index contributed by atoms with van der Waals surface area (Å²) in [4.78, 5) is 2.41. The molecule has 5 heteroatoms. The molecule has 2 aromatic rings. The third-order valence-corrected chi connectivity index (χ3v) is 6.91. The van der Waals surface area contributed by atoms with E-state index in [0.717, 1.165) is 30.2 Å². The van der Waals surface area contributed by atoms with E-state index >= 15 is 0 Å². The Morgan fingerprint density at radius 3 is 1.84 bits per heavy atom. The van der Waals surface area contributed by atoms with Crippen molar-refractivity contribution in [2.45, 2.75) is 26.7 Å². The summed E-state index contributed by atoms with van der Waals surface area (Å²) in [6.07, 6.45) is 3.86. The second kappa shape index (κ2) is 11.6. The molecule has 1 aliphatic heterocycles. The number of hydrogen-bond donors (Lipinski definition) is 1. The van der Waals surface area contributed by atoms with E-state index in [1.807, 2.05) is 67.2 Å². The fraction of sp³-hybridized carbons (Fsp3) is 0.350. The van der Waals surface area contributed by atoms with Crippen LogP contribution in [0.5, 0.6) is 0 Å². The Hall–Kier alpha value is -0.0464. The number of likely N-dealkylation sites (tertiary alicyclic amines) is 1. The molecule has 1 radical (unpaired) electrons. The zero-order valence-electron chi connectivity index (χ0n) is 14.0. The average molecular weight is 484 g/mol. The van der Waals surface area contributed by atoms with Crippen LogP contribution >= 0.6 is 7.29 Å². The van der Waals surface area contributed by atoms with Crippen LogP contribution in [0.25, 0.3) is 0 Å². The van der Waals surface area contributed by atoms with Crippen LogP contribution in [0.15, 0.2) is 60.7 Å². The summed E-state index contributed by atoms with van der Waals surface area (Å²) in [6.45, 7) is 5.09. The summed E-state index contributed by atoms with van der Waals surface area (Å²) in [5, 5.41) is 4.96. The summed E-state index contributed by atoms with van der Waals surface area (Å²) < 4.78 is 13.7. The molecule has 3 nitrogen and oxygen atoms in total. The fourth-order valence-corrected chi connectivity index (χ4v) is 5.13. The van der Waals surface area contributed by atoms with E-state index in [0.29, 0.717) is 0 Å². The van der Waals surface area contributed by atoms with E-state index in [4.69, 9.17) is 0 Å². The Labute approximate surface area is 186 Å². The van der Waals surface area contributed by atoms with Crippen molar-refractivity contribution < 1.29 is 45.9 Å². The predicted molar refractivity (Wildman–Crippen MR) is 104 cm³/mol. The van der Waals surface area contributed by atoms with Gasteiger partial charge in [-0.1, -0.05) is 50.2 Å². The number of hydrogen-bond acceptors (Lipinski definition) is 2. The van der Waals surface area contributed by atoms with Crippen molar-refractivity contribution >= 4 is 17.9 Å². The molecule has 0 bridgehead atoms. The standard InChI is InChI=1S/C19H24N2OP.CH4.Pr/c22-23(18-10-4-1-5-11-18,19-12-6-2-7-13-19)20-14-17-21-15-8-3-9-16-21;;/h1-2,4-7,10-14H,3,8-9,15-17H2,(H,20,22);1H4;/q-1;;. The summed E-state index contributed by atoms with van der Waals surface area (Å²) in [5.74, 6) is 0. The molecule has 1 N–H and O–H groups in total. The number of nitrogens with zero attached hydrogens (tertiary/aromatic N) is 1. The Balaban J connectivity index is 0.00000156. The van der Waals surface area contributed by atoms with Crippen molar-refractivity contribution in [3.8, 4) is 0 Å². The normalized spacial score (nSPS) is 15.0. The Bertz CT molecular complexity index is 602. The van der Waals surface area contributed by atoms with Gasteiger partial charge in [0.1, 0.15) is 0 Å². The maximum absolute atomic E-state index is 13.7. The zero-order chi connectivity index (χ0) is 16.0. The van der Waals surface area contributed by atoms with Gasteiger partial charge < -0.3 is 9.99 Å². The van der Waals surface area contributed by atoms with E-state index in [-0.39, 0.29) is 48.7 Å². The van der Waals surface area contributed by atoms with Crippen molar-refractivity contribution in [2.24, 2.45) is 0 Å². The Kier molecular flexibility index (Phi) is 10.7. The molecule has 25 heavy (non-hydrogen) atoms. The van der Waals surface area contributed by atoms with Crippen molar-refractivity contribution in [2.75, 3.05) is 19.6 Å². The van der Waals surface area contributed by atoms with Crippen molar-refractivity contribution in [1.82, 2.24) is 9.99 Å². The average Bonchev–Trinajstić information content (AvgIpc) is 2.64. The van der Waals surface area contributed by atoms with Crippen LogP contribution in [0.3, 0.4) is 0 Å². The molecule has 0 amide bonds. The minimum absolute atomic E-state index is 0. The number of benzene rings is 2. The van der Waals surface area contributed by atoms with E-state index in [9.17, 15) is 4.57 Å². The number of nitrogens with one attached hydrogen (secondary N) is 1. The summed E-state index contributed by atoms with van der Waals surface area (Å²) >= 11 is 0. The van der Waals surface area contributed by atoms with E-state index in [2.05, 4.69) is 9.99 Å². The molecule has 0 aliphatic carbocycles. The van der Waals surface area contributed by atoms with Crippen LogP contribution in [0.2, 0.25) is 0 Å². The van der Waals surface area contributed by atoms with Gasteiger partial charge in [-0.2, -0.15) is 0 Å². The molecule has 2 aromatic carbocycles. The monoisotopic (exact) mass is 484 g/mol. The van der Waals surface area contributed by atoms with E-state index in [1.54, 1.807) is 0 Å². The molecule has 133 valence electrons. The first-order valence-corrected chi connectivity index (χ1v) is 10.0. The molecule has 0 spiro atoms. The maximum Gasteiger partial charge on any atom is 0.177 e. The third kappa shape index (κ3) is 6.26. The second-order valence-electron chi connectivity index (χ2n) is 5.97. The van der Waals surface area contributed by atoms with Crippen LogP contribution in [0.1, 0.15) is 26.7 Å². The van der Waals surface area contributed by atoms with Crippen LogP contribution in [0.4, 0.5) is 0 Å². The molecule has 3 rings (SSSR count). The van der Waals surface area contributed by atoms with Gasteiger partial charge in [0.05, 0.1) is 0 Å². The molecule has 1 fully saturated rings. The first-order chi connectivity index (χ1) is 11.3. The Morgan fingerprint density at radius 1 is 0.880 bits per heavy atom. The van der Waals surface area contributed by atoms with Gasteiger partial charge in [0.15, 0.2) is 7.29 Å². The van der Waals surface area contributed by atoms with Gasteiger partial charge in [0.25, 0.3) is 0 Å². The summed E-state index contributed by atoms with van der Waals surface area (Å²) in [6, 6.07) is 19.4. The van der Waals surface area contributed by atoms with E-state index < -0.39 is 7.29 Å². The third-order valence-electron chi connectivity index (χ3n) is 4.31. The Morgan fingerprint density at radius 2 is 1.36 bits per heavy atom. The van der Waals surface area contributed by atoms with Crippen LogP contribution in [-0.2, 0) is 4.57 Å². The maximum atomic E-state index is 13.7. The molecule has 0 atom stereocenters. The molecule has 1 saturated heterocycles. The fourth-order valence-electron chi connectivity index (χ4n) is 3.01. The van der Waals surface area contributed by atoms with Gasteiger partial charge in [-0.15, -0.1) is 6.54 Å². The second-order valence-corrected chi connectivity index (χ2v) is 8.48. The van der Waals surface area contributed by atoms with Gasteiger partial charge >= 0.3 is 0 Å². The molecule has 1 heterocycles. The van der Waals surface area contributed by atoms with Gasteiger partial charge in [-0.25, -0.2) is 6.54 Å². The molecule has 0 saturated carbocycles. The van der Waals surface area contributed by atoms with Crippen LogP contribution < -0.4 is 15.7 Å². The number of piperidine rings is 1. The van der Waals surface area contributed by atoms with Crippen molar-refractivity contribution in [3.63, 3.8) is 0 Å².